The van der Waals surface area contributed by atoms with Gasteiger partial charge in [0.1, 0.15) is 5.82 Å². The summed E-state index contributed by atoms with van der Waals surface area (Å²) in [6, 6.07) is 7.03. The number of benzene rings is 1. The van der Waals surface area contributed by atoms with Crippen molar-refractivity contribution >= 4 is 5.91 Å². The van der Waals surface area contributed by atoms with Gasteiger partial charge in [0.25, 0.3) is 0 Å². The molecular weight excluding hydrogens is 343 g/mol. The van der Waals surface area contributed by atoms with E-state index in [0.29, 0.717) is 18.5 Å². The third kappa shape index (κ3) is 3.75. The first kappa shape index (κ1) is 18.1. The second kappa shape index (κ2) is 7.79. The molecule has 0 saturated heterocycles. The van der Waals surface area contributed by atoms with Gasteiger partial charge in [-0.1, -0.05) is 42.7 Å². The van der Waals surface area contributed by atoms with Crippen molar-refractivity contribution in [3.63, 3.8) is 0 Å². The first-order valence-electron chi connectivity index (χ1n) is 10.0. The fourth-order valence-electron chi connectivity index (χ4n) is 4.55. The van der Waals surface area contributed by atoms with Gasteiger partial charge < -0.3 is 4.90 Å². The number of rotatable bonds is 4. The summed E-state index contributed by atoms with van der Waals surface area (Å²) in [5.74, 6) is -0.131. The van der Waals surface area contributed by atoms with Crippen LogP contribution in [0.3, 0.4) is 0 Å². The van der Waals surface area contributed by atoms with Crippen molar-refractivity contribution in [2.24, 2.45) is 13.0 Å². The Morgan fingerprint density at radius 1 is 1.22 bits per heavy atom. The molecule has 0 radical (unpaired) electrons. The molecule has 1 heterocycles. The standard InChI is InChI=1S/C21H27FN4O/c1-25-20-13-15(11-12-19(20)23-24-25)21(27)26(17-8-3-2-4-9-17)14-16-7-5-6-10-18(16)22/h5-7,10,15,17H,2-4,8-9,11-14H2,1H3. The lowest BCUT2D eigenvalue weighted by Gasteiger charge is -2.37. The number of carbonyl (C=O) groups excluding carboxylic acids is 1. The lowest BCUT2D eigenvalue weighted by atomic mass is 9.86. The third-order valence-electron chi connectivity index (χ3n) is 6.14. The smallest absolute Gasteiger partial charge is 0.226 e. The van der Waals surface area contributed by atoms with Crippen molar-refractivity contribution in [3.05, 3.63) is 47.0 Å². The number of amides is 1. The lowest BCUT2D eigenvalue weighted by Crippen LogP contribution is -2.45. The third-order valence-corrected chi connectivity index (χ3v) is 6.14. The molecule has 144 valence electrons. The number of carbonyl (C=O) groups is 1. The molecule has 1 aromatic carbocycles. The number of fused-ring (bicyclic) bond motifs is 1. The average Bonchev–Trinajstić information content (AvgIpc) is 3.08. The average molecular weight is 370 g/mol. The molecule has 1 amide bonds. The molecule has 5 nitrogen and oxygen atoms in total. The van der Waals surface area contributed by atoms with Gasteiger partial charge in [0, 0.05) is 37.5 Å². The highest BCUT2D eigenvalue weighted by atomic mass is 19.1. The van der Waals surface area contributed by atoms with Crippen LogP contribution in [0, 0.1) is 11.7 Å². The molecule has 6 heteroatoms. The predicted octanol–water partition coefficient (Wildman–Crippen LogP) is 3.42. The van der Waals surface area contributed by atoms with Crippen LogP contribution < -0.4 is 0 Å². The van der Waals surface area contributed by atoms with E-state index < -0.39 is 0 Å². The SMILES string of the molecule is Cn1nnc2c1CC(C(=O)N(Cc1ccccc1F)C1CCCCC1)CC2. The van der Waals surface area contributed by atoms with Crippen molar-refractivity contribution in [2.75, 3.05) is 0 Å². The number of halogens is 1. The minimum Gasteiger partial charge on any atom is -0.335 e. The second-order valence-corrected chi connectivity index (χ2v) is 7.90. The van der Waals surface area contributed by atoms with Gasteiger partial charge in [-0.05, 0) is 31.7 Å². The van der Waals surface area contributed by atoms with Crippen molar-refractivity contribution in [3.8, 4) is 0 Å². The zero-order valence-corrected chi connectivity index (χ0v) is 15.9. The topological polar surface area (TPSA) is 51.0 Å². The number of nitrogens with zero attached hydrogens (tertiary/aromatic N) is 4. The zero-order valence-electron chi connectivity index (χ0n) is 15.9. The molecule has 1 aromatic heterocycles. The molecule has 27 heavy (non-hydrogen) atoms. The highest BCUT2D eigenvalue weighted by Crippen LogP contribution is 2.30. The van der Waals surface area contributed by atoms with E-state index in [1.165, 1.54) is 12.5 Å². The van der Waals surface area contributed by atoms with Gasteiger partial charge in [-0.15, -0.1) is 5.10 Å². The van der Waals surface area contributed by atoms with Crippen molar-refractivity contribution in [1.82, 2.24) is 19.9 Å². The Hall–Kier alpha value is -2.24. The van der Waals surface area contributed by atoms with Crippen molar-refractivity contribution < 1.29 is 9.18 Å². The minimum atomic E-state index is -0.229. The van der Waals surface area contributed by atoms with E-state index in [9.17, 15) is 9.18 Å². The van der Waals surface area contributed by atoms with Crippen LogP contribution in [0.25, 0.3) is 0 Å². The van der Waals surface area contributed by atoms with Gasteiger partial charge in [-0.2, -0.15) is 0 Å². The Labute approximate surface area is 159 Å². The van der Waals surface area contributed by atoms with Crippen LogP contribution in [0.1, 0.15) is 55.5 Å². The van der Waals surface area contributed by atoms with Crippen LogP contribution in [0.5, 0.6) is 0 Å². The summed E-state index contributed by atoms with van der Waals surface area (Å²) in [7, 11) is 1.89. The van der Waals surface area contributed by atoms with Crippen molar-refractivity contribution in [2.45, 2.75) is 64.0 Å². The molecule has 2 aromatic rings. The molecule has 1 unspecified atom stereocenters. The molecule has 4 rings (SSSR count). The normalized spacial score (nSPS) is 20.3. The Balaban J connectivity index is 1.57. The molecular formula is C21H27FN4O. The maximum atomic E-state index is 14.3. The van der Waals surface area contributed by atoms with E-state index >= 15 is 0 Å². The van der Waals surface area contributed by atoms with E-state index in [1.807, 2.05) is 18.0 Å². The van der Waals surface area contributed by atoms with Crippen LogP contribution in [-0.2, 0) is 31.2 Å². The molecule has 2 aliphatic carbocycles. The number of aromatic nitrogens is 3. The van der Waals surface area contributed by atoms with E-state index in [2.05, 4.69) is 10.3 Å². The molecule has 0 N–H and O–H groups in total. The number of hydrogen-bond acceptors (Lipinski definition) is 3. The minimum absolute atomic E-state index is 0.0663. The first-order valence-corrected chi connectivity index (χ1v) is 10.0. The molecule has 0 bridgehead atoms. The van der Waals surface area contributed by atoms with Crippen LogP contribution >= 0.6 is 0 Å². The zero-order chi connectivity index (χ0) is 18.8. The monoisotopic (exact) mass is 370 g/mol. The summed E-state index contributed by atoms with van der Waals surface area (Å²) in [4.78, 5) is 15.5. The highest BCUT2D eigenvalue weighted by molar-refractivity contribution is 5.79. The summed E-state index contributed by atoms with van der Waals surface area (Å²) in [6.07, 6.45) is 7.82. The predicted molar refractivity (Wildman–Crippen MR) is 100 cm³/mol. The highest BCUT2D eigenvalue weighted by Gasteiger charge is 2.34. The van der Waals surface area contributed by atoms with E-state index in [0.717, 1.165) is 49.9 Å². The molecule has 0 aliphatic heterocycles. The van der Waals surface area contributed by atoms with Gasteiger partial charge in [0.2, 0.25) is 5.91 Å². The van der Waals surface area contributed by atoms with E-state index in [-0.39, 0.29) is 23.7 Å². The first-order chi connectivity index (χ1) is 13.1. The van der Waals surface area contributed by atoms with Crippen LogP contribution in [0.2, 0.25) is 0 Å². The summed E-state index contributed by atoms with van der Waals surface area (Å²) in [6.45, 7) is 0.364. The van der Waals surface area contributed by atoms with Gasteiger partial charge in [-0.3, -0.25) is 9.48 Å². The summed E-state index contributed by atoms with van der Waals surface area (Å²) in [5, 5.41) is 8.30. The molecule has 1 saturated carbocycles. The van der Waals surface area contributed by atoms with Crippen LogP contribution in [-0.4, -0.2) is 31.8 Å². The molecule has 1 fully saturated rings. The molecule has 2 aliphatic rings. The molecule has 0 spiro atoms. The van der Waals surface area contributed by atoms with E-state index in [1.54, 1.807) is 16.8 Å². The Kier molecular flexibility index (Phi) is 5.23. The largest absolute Gasteiger partial charge is 0.335 e. The fraction of sp³-hybridized carbons (Fsp3) is 0.571. The maximum absolute atomic E-state index is 14.3. The fourth-order valence-corrected chi connectivity index (χ4v) is 4.55. The number of hydrogen-bond donors (Lipinski definition) is 0. The maximum Gasteiger partial charge on any atom is 0.226 e. The van der Waals surface area contributed by atoms with Gasteiger partial charge in [0.15, 0.2) is 0 Å². The second-order valence-electron chi connectivity index (χ2n) is 7.90. The summed E-state index contributed by atoms with van der Waals surface area (Å²) >= 11 is 0. The molecule has 1 atom stereocenters. The van der Waals surface area contributed by atoms with Crippen molar-refractivity contribution in [1.29, 1.82) is 0 Å². The Morgan fingerprint density at radius 2 is 2.00 bits per heavy atom. The number of aryl methyl sites for hydroxylation is 2. The summed E-state index contributed by atoms with van der Waals surface area (Å²) < 4.78 is 16.1. The van der Waals surface area contributed by atoms with Gasteiger partial charge in [0.05, 0.1) is 11.4 Å². The van der Waals surface area contributed by atoms with Gasteiger partial charge >= 0.3 is 0 Å². The summed E-state index contributed by atoms with van der Waals surface area (Å²) in [5.41, 5.74) is 2.68. The van der Waals surface area contributed by atoms with Crippen LogP contribution in [0.4, 0.5) is 4.39 Å². The Bertz CT molecular complexity index is 812. The van der Waals surface area contributed by atoms with Gasteiger partial charge in [-0.25, -0.2) is 4.39 Å². The Morgan fingerprint density at radius 3 is 2.78 bits per heavy atom. The quantitative estimate of drug-likeness (QED) is 0.829. The van der Waals surface area contributed by atoms with Crippen LogP contribution in [0.15, 0.2) is 24.3 Å². The lowest BCUT2D eigenvalue weighted by molar-refractivity contribution is -0.140. The van der Waals surface area contributed by atoms with E-state index in [4.69, 9.17) is 0 Å².